The van der Waals surface area contributed by atoms with Crippen LogP contribution < -0.4 is 5.32 Å². The van der Waals surface area contributed by atoms with Gasteiger partial charge in [0.2, 0.25) is 0 Å². The summed E-state index contributed by atoms with van der Waals surface area (Å²) in [5.74, 6) is 0. The molecule has 0 spiro atoms. The van der Waals surface area contributed by atoms with Gasteiger partial charge in [-0.1, -0.05) is 68.1 Å². The van der Waals surface area contributed by atoms with Crippen LogP contribution in [0.3, 0.4) is 0 Å². The van der Waals surface area contributed by atoms with Crippen LogP contribution in [0.5, 0.6) is 0 Å². The maximum absolute atomic E-state index is 13.4. The largest absolute Gasteiger partial charge is 0.416 e. The van der Waals surface area contributed by atoms with E-state index in [2.05, 4.69) is 11.9 Å². The number of benzene rings is 3. The molecule has 0 radical (unpaired) electrons. The van der Waals surface area contributed by atoms with Crippen LogP contribution in [0.15, 0.2) is 91.6 Å². The Morgan fingerprint density at radius 3 is 1.41 bits per heavy atom. The van der Waals surface area contributed by atoms with Gasteiger partial charge in [-0.05, 0) is 47.2 Å². The fourth-order valence-corrected chi connectivity index (χ4v) is 3.59. The van der Waals surface area contributed by atoms with Crippen molar-refractivity contribution in [3.63, 3.8) is 0 Å². The summed E-state index contributed by atoms with van der Waals surface area (Å²) >= 11 is 0. The molecule has 1 nitrogen and oxygen atoms in total. The summed E-state index contributed by atoms with van der Waals surface area (Å²) in [5.41, 5.74) is -2.12. The number of alkyl halides is 9. The van der Waals surface area contributed by atoms with Crippen molar-refractivity contribution in [3.8, 4) is 0 Å². The predicted octanol–water partition coefficient (Wildman–Crippen LogP) is 8.90. The zero-order valence-electron chi connectivity index (χ0n) is 19.6. The molecular weight excluding hydrogens is 509 g/mol. The summed E-state index contributed by atoms with van der Waals surface area (Å²) in [4.78, 5) is 0. The van der Waals surface area contributed by atoms with Crippen LogP contribution in [0.4, 0.5) is 39.5 Å². The van der Waals surface area contributed by atoms with E-state index in [0.717, 1.165) is 36.8 Å². The number of nitrogens with one attached hydrogen (secondary N) is 1. The second-order valence-electron chi connectivity index (χ2n) is 8.04. The summed E-state index contributed by atoms with van der Waals surface area (Å²) < 4.78 is 113. The Morgan fingerprint density at radius 1 is 0.649 bits per heavy atom. The van der Waals surface area contributed by atoms with Crippen LogP contribution in [0.1, 0.15) is 41.2 Å². The van der Waals surface area contributed by atoms with E-state index in [0.29, 0.717) is 0 Å². The Morgan fingerprint density at radius 2 is 1.05 bits per heavy atom. The van der Waals surface area contributed by atoms with Crippen molar-refractivity contribution < 1.29 is 39.5 Å². The molecule has 0 aliphatic heterocycles. The van der Waals surface area contributed by atoms with Gasteiger partial charge in [0.05, 0.1) is 16.7 Å². The summed E-state index contributed by atoms with van der Waals surface area (Å²) in [6.07, 6.45) is -12.5. The molecule has 0 aromatic heterocycles. The lowest BCUT2D eigenvalue weighted by atomic mass is 9.77. The molecule has 37 heavy (non-hydrogen) atoms. The van der Waals surface area contributed by atoms with E-state index in [-0.39, 0.29) is 17.5 Å². The Kier molecular flexibility index (Phi) is 9.46. The monoisotopic (exact) mass is 533 g/mol. The minimum Gasteiger partial charge on any atom is -0.378 e. The van der Waals surface area contributed by atoms with Gasteiger partial charge in [0.25, 0.3) is 0 Å². The molecule has 0 aliphatic carbocycles. The van der Waals surface area contributed by atoms with E-state index < -0.39 is 41.6 Å². The van der Waals surface area contributed by atoms with Crippen molar-refractivity contribution in [2.24, 2.45) is 0 Å². The molecule has 3 aromatic rings. The van der Waals surface area contributed by atoms with E-state index in [4.69, 9.17) is 0 Å². The van der Waals surface area contributed by atoms with E-state index in [1.165, 1.54) is 30.5 Å². The van der Waals surface area contributed by atoms with Gasteiger partial charge in [-0.15, -0.1) is 0 Å². The highest BCUT2D eigenvalue weighted by atomic mass is 19.4. The van der Waals surface area contributed by atoms with Gasteiger partial charge >= 0.3 is 18.5 Å². The Bertz CT molecular complexity index is 1090. The van der Waals surface area contributed by atoms with E-state index >= 15 is 0 Å². The van der Waals surface area contributed by atoms with Gasteiger partial charge in [-0.25, -0.2) is 0 Å². The SMILES string of the molecule is C=CNC(Cc1ccccc1)(c1cccc(C(F)(F)F)c1)c1cccc(C(F)(F)F)c1.CCC(F)(F)F. The van der Waals surface area contributed by atoms with Crippen LogP contribution in [-0.4, -0.2) is 6.18 Å². The highest BCUT2D eigenvalue weighted by molar-refractivity contribution is 5.45. The average Bonchev–Trinajstić information content (AvgIpc) is 2.83. The Labute approximate surface area is 208 Å². The smallest absolute Gasteiger partial charge is 0.378 e. The minimum absolute atomic E-state index is 0.0997. The molecule has 3 aromatic carbocycles. The molecule has 0 amide bonds. The first kappa shape index (κ1) is 29.8. The lowest BCUT2D eigenvalue weighted by Gasteiger charge is -2.37. The first-order valence-corrected chi connectivity index (χ1v) is 11.0. The Balaban J connectivity index is 0.000000717. The van der Waals surface area contributed by atoms with Gasteiger partial charge in [-0.3, -0.25) is 0 Å². The van der Waals surface area contributed by atoms with Crippen molar-refractivity contribution >= 4 is 0 Å². The molecule has 3 rings (SSSR count). The second-order valence-corrected chi connectivity index (χ2v) is 8.04. The normalized spacial score (nSPS) is 12.4. The molecule has 10 heteroatoms. The van der Waals surface area contributed by atoms with Gasteiger partial charge in [0, 0.05) is 12.8 Å². The number of rotatable bonds is 6. The fraction of sp³-hybridized carbons (Fsp3) is 0.259. The van der Waals surface area contributed by atoms with E-state index in [1.807, 2.05) is 0 Å². The third-order valence-corrected chi connectivity index (χ3v) is 5.43. The zero-order valence-corrected chi connectivity index (χ0v) is 19.6. The van der Waals surface area contributed by atoms with Gasteiger partial charge in [-0.2, -0.15) is 39.5 Å². The first-order chi connectivity index (χ1) is 17.1. The lowest BCUT2D eigenvalue weighted by Crippen LogP contribution is -2.43. The molecule has 0 heterocycles. The van der Waals surface area contributed by atoms with Crippen molar-refractivity contribution in [2.75, 3.05) is 0 Å². The van der Waals surface area contributed by atoms with Crippen LogP contribution in [0.25, 0.3) is 0 Å². The van der Waals surface area contributed by atoms with Crippen molar-refractivity contribution in [1.29, 1.82) is 0 Å². The predicted molar refractivity (Wildman–Crippen MR) is 123 cm³/mol. The lowest BCUT2D eigenvalue weighted by molar-refractivity contribution is -0.138. The summed E-state index contributed by atoms with van der Waals surface area (Å²) in [6, 6.07) is 18.0. The van der Waals surface area contributed by atoms with Gasteiger partial charge in [0.15, 0.2) is 0 Å². The molecule has 0 aliphatic rings. The summed E-state index contributed by atoms with van der Waals surface area (Å²) in [6.45, 7) is 4.71. The van der Waals surface area contributed by atoms with E-state index in [1.54, 1.807) is 30.3 Å². The highest BCUT2D eigenvalue weighted by Gasteiger charge is 2.39. The first-order valence-electron chi connectivity index (χ1n) is 11.0. The third kappa shape index (κ3) is 8.30. The molecule has 0 bridgehead atoms. The molecule has 1 N–H and O–H groups in total. The van der Waals surface area contributed by atoms with Crippen LogP contribution >= 0.6 is 0 Å². The van der Waals surface area contributed by atoms with Crippen LogP contribution in [0.2, 0.25) is 0 Å². The van der Waals surface area contributed by atoms with E-state index in [9.17, 15) is 39.5 Å². The van der Waals surface area contributed by atoms with Crippen LogP contribution in [0, 0.1) is 0 Å². The molecule has 0 atom stereocenters. The summed E-state index contributed by atoms with van der Waals surface area (Å²) in [5, 5.41) is 2.96. The van der Waals surface area contributed by atoms with Gasteiger partial charge < -0.3 is 5.32 Å². The Hall–Kier alpha value is -3.43. The van der Waals surface area contributed by atoms with Crippen molar-refractivity contribution in [1.82, 2.24) is 5.32 Å². The highest BCUT2D eigenvalue weighted by Crippen LogP contribution is 2.39. The van der Waals surface area contributed by atoms with Crippen molar-refractivity contribution in [2.45, 2.75) is 43.8 Å². The minimum atomic E-state index is -4.60. The molecular formula is C27H24F9N. The molecule has 0 saturated heterocycles. The number of hydrogen-bond donors (Lipinski definition) is 1. The maximum atomic E-state index is 13.4. The fourth-order valence-electron chi connectivity index (χ4n) is 3.59. The molecule has 200 valence electrons. The summed E-state index contributed by atoms with van der Waals surface area (Å²) in [7, 11) is 0. The molecule has 0 saturated carbocycles. The van der Waals surface area contributed by atoms with Crippen molar-refractivity contribution in [3.05, 3.63) is 119 Å². The standard InChI is InChI=1S/C24H19F6N.C3H5F3/c1-2-31-22(16-17-8-4-3-5-9-17,18-10-6-12-20(14-18)23(25,26)27)19-11-7-13-21(15-19)24(28,29)30;1-2-3(4,5)6/h2-15,31H,1,16H2;2H2,1H3. The third-order valence-electron chi connectivity index (χ3n) is 5.43. The number of hydrogen-bond acceptors (Lipinski definition) is 1. The second kappa shape index (κ2) is 11.7. The maximum Gasteiger partial charge on any atom is 0.416 e. The number of halogens is 9. The quantitative estimate of drug-likeness (QED) is 0.312. The topological polar surface area (TPSA) is 12.0 Å². The molecule has 0 fully saturated rings. The zero-order chi connectivity index (χ0) is 27.9. The average molecular weight is 533 g/mol. The van der Waals surface area contributed by atoms with Gasteiger partial charge in [0.1, 0.15) is 0 Å². The van der Waals surface area contributed by atoms with Crippen LogP contribution in [-0.2, 0) is 24.3 Å². The molecule has 0 unspecified atom stereocenters.